The molecule has 2 aromatic carbocycles. The molecule has 1 saturated heterocycles. The number of anilines is 3. The Balaban J connectivity index is 1.06. The summed E-state index contributed by atoms with van der Waals surface area (Å²) in [4.78, 5) is 30.3. The quantitative estimate of drug-likeness (QED) is 0.226. The van der Waals surface area contributed by atoms with Gasteiger partial charge < -0.3 is 19.8 Å². The number of fused-ring (bicyclic) bond motifs is 2. The molecule has 4 aromatic rings. The van der Waals surface area contributed by atoms with Crippen LogP contribution in [-0.2, 0) is 31.2 Å². The molecule has 1 amide bonds. The van der Waals surface area contributed by atoms with Crippen molar-refractivity contribution in [3.63, 3.8) is 0 Å². The first kappa shape index (κ1) is 33.4. The highest BCUT2D eigenvalue weighted by atomic mass is 19.3. The van der Waals surface area contributed by atoms with Crippen LogP contribution in [0.5, 0.6) is 0 Å². The molecule has 0 bridgehead atoms. The zero-order chi connectivity index (χ0) is 35.4. The van der Waals surface area contributed by atoms with E-state index in [1.54, 1.807) is 49.2 Å². The Kier molecular flexibility index (Phi) is 8.58. The fourth-order valence-corrected chi connectivity index (χ4v) is 9.09. The van der Waals surface area contributed by atoms with E-state index in [1.807, 2.05) is 23.1 Å². The molecule has 8 rings (SSSR count). The van der Waals surface area contributed by atoms with Crippen LogP contribution in [-0.4, -0.2) is 67.6 Å². The van der Waals surface area contributed by atoms with E-state index in [4.69, 9.17) is 5.10 Å². The lowest BCUT2D eigenvalue weighted by molar-refractivity contribution is -0.129. The van der Waals surface area contributed by atoms with Crippen molar-refractivity contribution in [1.82, 2.24) is 24.5 Å². The minimum Gasteiger partial charge on any atom is -0.478 e. The van der Waals surface area contributed by atoms with E-state index in [0.717, 1.165) is 99.2 Å². The number of hydrogen-bond acceptors (Lipinski definition) is 6. The highest BCUT2D eigenvalue weighted by Gasteiger charge is 2.41. The smallest absolute Gasteiger partial charge is 0.335 e. The van der Waals surface area contributed by atoms with Gasteiger partial charge in [-0.25, -0.2) is 13.6 Å². The molecule has 1 N–H and O–H groups in total. The van der Waals surface area contributed by atoms with Crippen molar-refractivity contribution in [2.24, 2.45) is 12.5 Å². The Bertz CT molecular complexity index is 1950. The molecule has 268 valence electrons. The van der Waals surface area contributed by atoms with Crippen LogP contribution in [0.4, 0.5) is 26.0 Å². The molecule has 2 fully saturated rings. The summed E-state index contributed by atoms with van der Waals surface area (Å²) in [6.45, 7) is 5.31. The number of hydrogen-bond donors (Lipinski definition) is 1. The first-order chi connectivity index (χ1) is 24.6. The maximum absolute atomic E-state index is 14.6. The minimum absolute atomic E-state index is 0.00628. The summed E-state index contributed by atoms with van der Waals surface area (Å²) in [5.74, 6) is -0.0771. The molecule has 1 spiro atoms. The predicted molar refractivity (Wildman–Crippen MR) is 191 cm³/mol. The molecule has 1 saturated carbocycles. The van der Waals surface area contributed by atoms with Crippen molar-refractivity contribution in [2.45, 2.75) is 83.7 Å². The molecule has 10 nitrogen and oxygen atoms in total. The lowest BCUT2D eigenvalue weighted by Gasteiger charge is -2.46. The van der Waals surface area contributed by atoms with Gasteiger partial charge in [0.2, 0.25) is 5.91 Å². The maximum Gasteiger partial charge on any atom is 0.335 e. The van der Waals surface area contributed by atoms with E-state index >= 15 is 0 Å². The number of carboxylic acid groups (broad SMARTS) is 1. The second-order valence-electron chi connectivity index (χ2n) is 15.0. The molecule has 3 aliphatic heterocycles. The minimum atomic E-state index is -2.65. The first-order valence-corrected chi connectivity index (χ1v) is 18.2. The van der Waals surface area contributed by atoms with Gasteiger partial charge in [-0.3, -0.25) is 14.2 Å². The van der Waals surface area contributed by atoms with Gasteiger partial charge >= 0.3 is 5.97 Å². The Morgan fingerprint density at radius 3 is 2.37 bits per heavy atom. The average Bonchev–Trinajstić information content (AvgIpc) is 3.75. The number of aromatic nitrogens is 4. The van der Waals surface area contributed by atoms with Gasteiger partial charge in [-0.1, -0.05) is 0 Å². The number of carbonyl (C=O) groups is 2. The molecule has 4 aliphatic rings. The Hall–Kier alpha value is -4.74. The van der Waals surface area contributed by atoms with Crippen LogP contribution in [0.2, 0.25) is 0 Å². The number of aryl methyl sites for hydroxylation is 2. The van der Waals surface area contributed by atoms with Gasteiger partial charge in [-0.15, -0.1) is 0 Å². The van der Waals surface area contributed by atoms with Gasteiger partial charge in [0.05, 0.1) is 24.3 Å². The fraction of sp³-hybridized carbons (Fsp3) is 0.487. The van der Waals surface area contributed by atoms with E-state index in [-0.39, 0.29) is 17.5 Å². The fourth-order valence-electron chi connectivity index (χ4n) is 9.09. The molecule has 2 aromatic heterocycles. The van der Waals surface area contributed by atoms with E-state index in [2.05, 4.69) is 19.6 Å². The number of nitrogens with zero attached hydrogens (tertiary/aromatic N) is 7. The van der Waals surface area contributed by atoms with Crippen molar-refractivity contribution < 1.29 is 23.5 Å². The zero-order valence-corrected chi connectivity index (χ0v) is 29.3. The molecular weight excluding hydrogens is 652 g/mol. The molecule has 1 aliphatic carbocycles. The van der Waals surface area contributed by atoms with Gasteiger partial charge in [0.15, 0.2) is 5.82 Å². The topological polar surface area (TPSA) is 99.7 Å². The van der Waals surface area contributed by atoms with Crippen LogP contribution >= 0.6 is 0 Å². The number of rotatable bonds is 6. The number of carbonyl (C=O) groups excluding carboxylic acids is 1. The lowest BCUT2D eigenvalue weighted by Crippen LogP contribution is -2.42. The normalized spacial score (nSPS) is 19.0. The second-order valence-corrected chi connectivity index (χ2v) is 15.0. The van der Waals surface area contributed by atoms with Crippen molar-refractivity contribution in [3.05, 3.63) is 76.7 Å². The number of carboxylic acids is 1. The predicted octanol–water partition coefficient (Wildman–Crippen LogP) is 7.31. The highest BCUT2D eigenvalue weighted by molar-refractivity contribution is 5.88. The van der Waals surface area contributed by atoms with Crippen LogP contribution in [0, 0.1) is 5.41 Å². The maximum atomic E-state index is 14.6. The Morgan fingerprint density at radius 2 is 1.73 bits per heavy atom. The van der Waals surface area contributed by atoms with Crippen LogP contribution in [0.25, 0.3) is 11.1 Å². The third-order valence-electron chi connectivity index (χ3n) is 12.1. The summed E-state index contributed by atoms with van der Waals surface area (Å²) in [5, 5.41) is 18.9. The van der Waals surface area contributed by atoms with Gasteiger partial charge in [-0.2, -0.15) is 10.2 Å². The molecule has 12 heteroatoms. The van der Waals surface area contributed by atoms with E-state index in [9.17, 15) is 23.5 Å². The van der Waals surface area contributed by atoms with Crippen LogP contribution < -0.4 is 9.80 Å². The first-order valence-electron chi connectivity index (χ1n) is 18.2. The summed E-state index contributed by atoms with van der Waals surface area (Å²) < 4.78 is 33.2. The molecule has 5 heterocycles. The summed E-state index contributed by atoms with van der Waals surface area (Å²) in [5.41, 5.74) is 6.89. The third kappa shape index (κ3) is 6.16. The summed E-state index contributed by atoms with van der Waals surface area (Å²) in [6.07, 6.45) is 9.67. The Labute approximate surface area is 296 Å². The largest absolute Gasteiger partial charge is 0.478 e. The van der Waals surface area contributed by atoms with Crippen LogP contribution in [0.3, 0.4) is 0 Å². The Morgan fingerprint density at radius 1 is 0.980 bits per heavy atom. The SMILES string of the molecule is CC(=O)N1CCc2c(c(N3CCCc4cc(-c5cnn(C)c5)c(C(F)F)cc43)nn2C2CCC3(CC2)CCN(c2ccc(C(=O)O)cc2)CC3)C1. The third-order valence-corrected chi connectivity index (χ3v) is 12.1. The molecule has 0 unspecified atom stereocenters. The van der Waals surface area contributed by atoms with Gasteiger partial charge in [0.1, 0.15) is 0 Å². The van der Waals surface area contributed by atoms with Crippen molar-refractivity contribution in [2.75, 3.05) is 36.0 Å². The number of halogens is 2. The second kappa shape index (κ2) is 13.1. The number of piperidine rings is 1. The standard InChI is InChI=1S/C39H45F2N7O3/c1-25(49)46-17-11-34-33(24-46)37(47-16-3-4-27-20-31(28-22-42-44(2)23-28)32(36(40)41)21-35(27)47)43-48(34)30-9-12-39(13-10-30)14-18-45(19-15-39)29-7-5-26(6-8-29)38(50)51/h5-8,20-23,30,36H,3-4,9-19,24H2,1-2H3,(H,50,51). The summed E-state index contributed by atoms with van der Waals surface area (Å²) in [6, 6.07) is 11.0. The number of amides is 1. The molecular formula is C39H45F2N7O3. The monoisotopic (exact) mass is 697 g/mol. The molecule has 0 atom stereocenters. The van der Waals surface area contributed by atoms with E-state index in [1.165, 1.54) is 5.69 Å². The number of aromatic carboxylic acids is 1. The van der Waals surface area contributed by atoms with Crippen molar-refractivity contribution in [1.29, 1.82) is 0 Å². The van der Waals surface area contributed by atoms with Gasteiger partial charge in [0.25, 0.3) is 6.43 Å². The number of alkyl halides is 2. The van der Waals surface area contributed by atoms with Crippen LogP contribution in [0.1, 0.15) is 97.1 Å². The number of benzene rings is 2. The summed E-state index contributed by atoms with van der Waals surface area (Å²) in [7, 11) is 1.79. The molecule has 0 radical (unpaired) electrons. The lowest BCUT2D eigenvalue weighted by atomic mass is 9.67. The highest BCUT2D eigenvalue weighted by Crippen LogP contribution is 2.50. The van der Waals surface area contributed by atoms with E-state index in [0.29, 0.717) is 41.7 Å². The summed E-state index contributed by atoms with van der Waals surface area (Å²) >= 11 is 0. The van der Waals surface area contributed by atoms with Crippen LogP contribution in [0.15, 0.2) is 48.8 Å². The van der Waals surface area contributed by atoms with Gasteiger partial charge in [-0.05, 0) is 104 Å². The molecule has 51 heavy (non-hydrogen) atoms. The average molecular weight is 698 g/mol. The zero-order valence-electron chi connectivity index (χ0n) is 29.3. The van der Waals surface area contributed by atoms with Crippen molar-refractivity contribution >= 4 is 29.1 Å². The van der Waals surface area contributed by atoms with Crippen molar-refractivity contribution in [3.8, 4) is 11.1 Å². The van der Waals surface area contributed by atoms with Gasteiger partial charge in [0, 0.05) is 86.5 Å². The van der Waals surface area contributed by atoms with E-state index < -0.39 is 12.4 Å².